The smallest absolute Gasteiger partial charge is 0.246 e. The first-order valence-electron chi connectivity index (χ1n) is 9.56. The van der Waals surface area contributed by atoms with Crippen LogP contribution in [0.5, 0.6) is 0 Å². The number of amides is 2. The Morgan fingerprint density at radius 2 is 2.15 bits per heavy atom. The van der Waals surface area contributed by atoms with Gasteiger partial charge in [-0.2, -0.15) is 0 Å². The fourth-order valence-corrected chi connectivity index (χ4v) is 3.84. The Morgan fingerprint density at radius 3 is 2.81 bits per heavy atom. The maximum atomic E-state index is 12.6. The fraction of sp³-hybridized carbons (Fsp3) is 0.524. The summed E-state index contributed by atoms with van der Waals surface area (Å²) in [5.41, 5.74) is 1.08. The van der Waals surface area contributed by atoms with E-state index in [0.29, 0.717) is 12.5 Å². The third kappa shape index (κ3) is 4.45. The number of nitrogens with one attached hydrogen (secondary N) is 1. The summed E-state index contributed by atoms with van der Waals surface area (Å²) in [6, 6.07) is 1.99. The Kier molecular flexibility index (Phi) is 5.64. The van der Waals surface area contributed by atoms with E-state index < -0.39 is 0 Å². The zero-order chi connectivity index (χ0) is 18.6. The maximum absolute atomic E-state index is 12.6. The van der Waals surface area contributed by atoms with Crippen molar-refractivity contribution in [3.8, 4) is 0 Å². The zero-order valence-electron chi connectivity index (χ0n) is 15.8. The van der Waals surface area contributed by atoms with Crippen molar-refractivity contribution in [1.82, 2.24) is 14.8 Å². The number of aryl methyl sites for hydroxylation is 1. The van der Waals surface area contributed by atoms with Gasteiger partial charge in [0.15, 0.2) is 0 Å². The standard InChI is InChI=1S/C21H29N3O2/c1-3-4-5-19(25)22-15-21(18-7-8-18)11-13-24(16-21)20(26)9-6-17-10-12-23(2)14-17/h4-6,9-10,12,14,18H,3,7-8,11,13,15-16H2,1-2H3,(H,22,25)/b5-4+,9-6+. The summed E-state index contributed by atoms with van der Waals surface area (Å²) in [5.74, 6) is 0.670. The number of likely N-dealkylation sites (tertiary alicyclic amines) is 1. The quantitative estimate of drug-likeness (QED) is 0.765. The number of hydrogen-bond donors (Lipinski definition) is 1. The van der Waals surface area contributed by atoms with Gasteiger partial charge < -0.3 is 14.8 Å². The lowest BCUT2D eigenvalue weighted by atomic mass is 9.81. The summed E-state index contributed by atoms with van der Waals surface area (Å²) in [5, 5.41) is 3.06. The van der Waals surface area contributed by atoms with Gasteiger partial charge in [0, 0.05) is 50.6 Å². The Morgan fingerprint density at radius 1 is 1.35 bits per heavy atom. The van der Waals surface area contributed by atoms with Crippen molar-refractivity contribution >= 4 is 17.9 Å². The Labute approximate surface area is 155 Å². The molecule has 2 fully saturated rings. The number of allylic oxidation sites excluding steroid dienone is 1. The summed E-state index contributed by atoms with van der Waals surface area (Å²) in [6.07, 6.45) is 15.2. The van der Waals surface area contributed by atoms with Gasteiger partial charge in [-0.3, -0.25) is 9.59 Å². The maximum Gasteiger partial charge on any atom is 0.246 e. The molecule has 26 heavy (non-hydrogen) atoms. The van der Waals surface area contributed by atoms with Crippen LogP contribution in [0.25, 0.3) is 6.08 Å². The summed E-state index contributed by atoms with van der Waals surface area (Å²) >= 11 is 0. The van der Waals surface area contributed by atoms with Crippen molar-refractivity contribution in [1.29, 1.82) is 0 Å². The average molecular weight is 355 g/mol. The van der Waals surface area contributed by atoms with Gasteiger partial charge >= 0.3 is 0 Å². The van der Waals surface area contributed by atoms with Crippen molar-refractivity contribution in [2.45, 2.75) is 32.6 Å². The molecule has 0 aromatic carbocycles. The summed E-state index contributed by atoms with van der Waals surface area (Å²) in [6.45, 7) is 4.19. The van der Waals surface area contributed by atoms with Crippen LogP contribution in [0.3, 0.4) is 0 Å². The molecule has 5 nitrogen and oxygen atoms in total. The molecule has 0 bridgehead atoms. The SMILES string of the molecule is CC/C=C/C(=O)NCC1(C2CC2)CCN(C(=O)/C=C/c2ccn(C)c2)C1. The van der Waals surface area contributed by atoms with Gasteiger partial charge in [-0.15, -0.1) is 0 Å². The van der Waals surface area contributed by atoms with E-state index in [1.54, 1.807) is 12.2 Å². The van der Waals surface area contributed by atoms with Crippen LogP contribution < -0.4 is 5.32 Å². The Balaban J connectivity index is 1.58. The van der Waals surface area contributed by atoms with Gasteiger partial charge in [0.05, 0.1) is 0 Å². The molecule has 1 N–H and O–H groups in total. The van der Waals surface area contributed by atoms with Gasteiger partial charge in [-0.25, -0.2) is 0 Å². The molecule has 2 heterocycles. The van der Waals surface area contributed by atoms with E-state index in [9.17, 15) is 9.59 Å². The van der Waals surface area contributed by atoms with Gasteiger partial charge in [0.25, 0.3) is 0 Å². The van der Waals surface area contributed by atoms with Crippen LogP contribution in [0.4, 0.5) is 0 Å². The van der Waals surface area contributed by atoms with E-state index >= 15 is 0 Å². The Hall–Kier alpha value is -2.30. The van der Waals surface area contributed by atoms with Crippen molar-refractivity contribution in [2.24, 2.45) is 18.4 Å². The second kappa shape index (κ2) is 7.94. The minimum Gasteiger partial charge on any atom is -0.357 e. The summed E-state index contributed by atoms with van der Waals surface area (Å²) < 4.78 is 1.97. The molecule has 1 aliphatic carbocycles. The van der Waals surface area contributed by atoms with E-state index in [4.69, 9.17) is 0 Å². The van der Waals surface area contributed by atoms with Crippen LogP contribution in [0.2, 0.25) is 0 Å². The monoisotopic (exact) mass is 355 g/mol. The molecule has 1 saturated heterocycles. The lowest BCUT2D eigenvalue weighted by Gasteiger charge is -2.29. The van der Waals surface area contributed by atoms with Crippen LogP contribution in [-0.4, -0.2) is 40.9 Å². The van der Waals surface area contributed by atoms with Gasteiger partial charge in [-0.1, -0.05) is 13.0 Å². The third-order valence-electron chi connectivity index (χ3n) is 5.53. The lowest BCUT2D eigenvalue weighted by molar-refractivity contribution is -0.125. The highest BCUT2D eigenvalue weighted by molar-refractivity contribution is 5.92. The first-order valence-corrected chi connectivity index (χ1v) is 9.56. The van der Waals surface area contributed by atoms with E-state index in [2.05, 4.69) is 5.32 Å². The predicted molar refractivity (Wildman–Crippen MR) is 103 cm³/mol. The van der Waals surface area contributed by atoms with Crippen LogP contribution in [0.15, 0.2) is 36.7 Å². The molecule has 1 saturated carbocycles. The molecule has 1 atom stereocenters. The summed E-state index contributed by atoms with van der Waals surface area (Å²) in [4.78, 5) is 26.4. The number of nitrogens with zero attached hydrogens (tertiary/aromatic N) is 2. The number of aromatic nitrogens is 1. The van der Waals surface area contributed by atoms with E-state index in [1.165, 1.54) is 12.8 Å². The number of carbonyl (C=O) groups excluding carboxylic acids is 2. The Bertz CT molecular complexity index is 715. The zero-order valence-corrected chi connectivity index (χ0v) is 15.8. The van der Waals surface area contributed by atoms with E-state index in [1.807, 2.05) is 54.1 Å². The second-order valence-electron chi connectivity index (χ2n) is 7.62. The molecule has 1 aliphatic heterocycles. The first-order chi connectivity index (χ1) is 12.5. The first kappa shape index (κ1) is 18.5. The van der Waals surface area contributed by atoms with Crippen molar-refractivity contribution in [3.63, 3.8) is 0 Å². The average Bonchev–Trinajstić information content (AvgIpc) is 3.28. The fourth-order valence-electron chi connectivity index (χ4n) is 3.84. The number of hydrogen-bond acceptors (Lipinski definition) is 2. The lowest BCUT2D eigenvalue weighted by Crippen LogP contribution is -2.41. The van der Waals surface area contributed by atoms with Gasteiger partial charge in [-0.05, 0) is 55.4 Å². The van der Waals surface area contributed by atoms with Gasteiger partial charge in [0.2, 0.25) is 11.8 Å². The molecule has 2 amide bonds. The number of carbonyl (C=O) groups is 2. The van der Waals surface area contributed by atoms with Crippen molar-refractivity contribution in [2.75, 3.05) is 19.6 Å². The van der Waals surface area contributed by atoms with E-state index in [-0.39, 0.29) is 17.2 Å². The highest BCUT2D eigenvalue weighted by atomic mass is 16.2. The van der Waals surface area contributed by atoms with Crippen molar-refractivity contribution in [3.05, 3.63) is 42.3 Å². The normalized spacial score (nSPS) is 23.2. The predicted octanol–water partition coefficient (Wildman–Crippen LogP) is 2.75. The molecular formula is C21H29N3O2. The highest BCUT2D eigenvalue weighted by Gasteiger charge is 2.49. The van der Waals surface area contributed by atoms with Crippen LogP contribution in [0.1, 0.15) is 38.2 Å². The third-order valence-corrected chi connectivity index (χ3v) is 5.53. The molecule has 0 spiro atoms. The van der Waals surface area contributed by atoms with Crippen molar-refractivity contribution < 1.29 is 9.59 Å². The highest BCUT2D eigenvalue weighted by Crippen LogP contribution is 2.50. The molecular weight excluding hydrogens is 326 g/mol. The van der Waals surface area contributed by atoms with E-state index in [0.717, 1.165) is 31.5 Å². The van der Waals surface area contributed by atoms with Crippen LogP contribution in [-0.2, 0) is 16.6 Å². The molecule has 3 rings (SSSR count). The number of rotatable bonds is 7. The molecule has 0 radical (unpaired) electrons. The minimum absolute atomic E-state index is 0.0272. The molecule has 2 aliphatic rings. The van der Waals surface area contributed by atoms with Gasteiger partial charge in [0.1, 0.15) is 0 Å². The molecule has 1 aromatic heterocycles. The largest absolute Gasteiger partial charge is 0.357 e. The molecule has 5 heteroatoms. The second-order valence-corrected chi connectivity index (χ2v) is 7.62. The van der Waals surface area contributed by atoms with Crippen LogP contribution >= 0.6 is 0 Å². The van der Waals surface area contributed by atoms with Crippen LogP contribution in [0, 0.1) is 11.3 Å². The summed E-state index contributed by atoms with van der Waals surface area (Å²) in [7, 11) is 1.97. The minimum atomic E-state index is -0.0272. The molecule has 140 valence electrons. The molecule has 1 unspecified atom stereocenters. The topological polar surface area (TPSA) is 54.3 Å². The molecule has 1 aromatic rings.